The largest absolute Gasteiger partial charge is 0.507 e. The molecule has 4 rings (SSSR count). The molecule has 5 heteroatoms. The van der Waals surface area contributed by atoms with Gasteiger partial charge in [-0.05, 0) is 31.2 Å². The minimum absolute atomic E-state index is 0.0189. The Morgan fingerprint density at radius 1 is 1.00 bits per heavy atom. The van der Waals surface area contributed by atoms with Crippen LogP contribution in [0, 0.1) is 6.92 Å². The number of benzene rings is 2. The third-order valence-electron chi connectivity index (χ3n) is 3.91. The third kappa shape index (κ3) is 2.10. The van der Waals surface area contributed by atoms with E-state index in [4.69, 9.17) is 8.83 Å². The first-order valence-corrected chi connectivity index (χ1v) is 7.34. The van der Waals surface area contributed by atoms with Gasteiger partial charge in [-0.25, -0.2) is 4.79 Å². The Bertz CT molecular complexity index is 1160. The smallest absolute Gasteiger partial charge is 0.347 e. The van der Waals surface area contributed by atoms with Crippen LogP contribution in [0.2, 0.25) is 0 Å². The molecule has 2 aromatic carbocycles. The highest BCUT2D eigenvalue weighted by molar-refractivity contribution is 6.12. The highest BCUT2D eigenvalue weighted by Gasteiger charge is 2.21. The molecular formula is C19H12O5. The lowest BCUT2D eigenvalue weighted by molar-refractivity contribution is 0.101. The van der Waals surface area contributed by atoms with Gasteiger partial charge in [0.05, 0.1) is 10.9 Å². The zero-order valence-electron chi connectivity index (χ0n) is 12.7. The zero-order valence-corrected chi connectivity index (χ0v) is 12.7. The number of furan rings is 1. The van der Waals surface area contributed by atoms with Gasteiger partial charge in [-0.15, -0.1) is 0 Å². The van der Waals surface area contributed by atoms with Gasteiger partial charge in [0.2, 0.25) is 5.78 Å². The summed E-state index contributed by atoms with van der Waals surface area (Å²) in [6.45, 7) is 1.82. The number of rotatable bonds is 2. The number of phenols is 1. The summed E-state index contributed by atoms with van der Waals surface area (Å²) in [5, 5.41) is 10.7. The van der Waals surface area contributed by atoms with Gasteiger partial charge in [0.25, 0.3) is 0 Å². The number of hydrogen-bond donors (Lipinski definition) is 1. The number of aromatic hydroxyl groups is 1. The van der Waals surface area contributed by atoms with Crippen LogP contribution in [0.15, 0.2) is 62.2 Å². The summed E-state index contributed by atoms with van der Waals surface area (Å²) in [4.78, 5) is 24.7. The van der Waals surface area contributed by atoms with Gasteiger partial charge in [-0.3, -0.25) is 4.79 Å². The van der Waals surface area contributed by atoms with E-state index in [2.05, 4.69) is 0 Å². The molecule has 0 spiro atoms. The van der Waals surface area contributed by atoms with Gasteiger partial charge in [0, 0.05) is 6.07 Å². The van der Waals surface area contributed by atoms with Crippen molar-refractivity contribution >= 4 is 27.7 Å². The molecule has 1 N–H and O–H groups in total. The molecule has 0 saturated carbocycles. The molecule has 0 saturated heterocycles. The molecule has 0 aliphatic heterocycles. The minimum Gasteiger partial charge on any atom is -0.507 e. The second-order valence-electron chi connectivity index (χ2n) is 5.59. The molecule has 0 fully saturated rings. The fraction of sp³-hybridized carbons (Fsp3) is 0.0526. The highest BCUT2D eigenvalue weighted by Crippen LogP contribution is 2.28. The standard InChI is InChI=1S/C19H12O5/c1-10-6-7-14(20)12(8-10)17(21)16-9-13-18(23-16)11-4-2-3-5-15(11)24-19(13)22/h2-9,20H,1H3. The van der Waals surface area contributed by atoms with Crippen LogP contribution in [0.5, 0.6) is 5.75 Å². The summed E-state index contributed by atoms with van der Waals surface area (Å²) in [5.74, 6) is -0.645. The van der Waals surface area contributed by atoms with Crippen molar-refractivity contribution in [2.24, 2.45) is 0 Å². The summed E-state index contributed by atoms with van der Waals surface area (Å²) >= 11 is 0. The number of hydrogen-bond acceptors (Lipinski definition) is 5. The van der Waals surface area contributed by atoms with E-state index in [1.165, 1.54) is 12.1 Å². The first-order chi connectivity index (χ1) is 11.5. The van der Waals surface area contributed by atoms with E-state index < -0.39 is 11.4 Å². The van der Waals surface area contributed by atoms with Crippen LogP contribution in [0.4, 0.5) is 0 Å². The molecule has 2 aromatic heterocycles. The molecule has 4 aromatic rings. The Hall–Kier alpha value is -3.34. The summed E-state index contributed by atoms with van der Waals surface area (Å²) in [7, 11) is 0. The van der Waals surface area contributed by atoms with Crippen LogP contribution in [0.3, 0.4) is 0 Å². The molecule has 0 aliphatic carbocycles. The van der Waals surface area contributed by atoms with Crippen molar-refractivity contribution in [3.8, 4) is 5.75 Å². The Labute approximate surface area is 135 Å². The maximum absolute atomic E-state index is 12.6. The van der Waals surface area contributed by atoms with Gasteiger partial charge in [0.15, 0.2) is 11.3 Å². The van der Waals surface area contributed by atoms with E-state index in [9.17, 15) is 14.7 Å². The van der Waals surface area contributed by atoms with Gasteiger partial charge in [0.1, 0.15) is 16.7 Å². The summed E-state index contributed by atoms with van der Waals surface area (Å²) in [5.41, 5.74) is 1.08. The Balaban J connectivity index is 1.96. The number of carbonyl (C=O) groups is 1. The number of aryl methyl sites for hydroxylation is 1. The number of phenolic OH excluding ortho intramolecular Hbond substituents is 1. The lowest BCUT2D eigenvalue weighted by Gasteiger charge is -2.02. The normalized spacial score (nSPS) is 11.2. The monoisotopic (exact) mass is 320 g/mol. The van der Waals surface area contributed by atoms with Crippen LogP contribution in [0.25, 0.3) is 21.9 Å². The SMILES string of the molecule is Cc1ccc(O)c(C(=O)c2cc3c(=O)oc4ccccc4c3o2)c1. The first-order valence-electron chi connectivity index (χ1n) is 7.34. The van der Waals surface area contributed by atoms with E-state index in [1.54, 1.807) is 36.4 Å². The number of fused-ring (bicyclic) bond motifs is 3. The Morgan fingerprint density at radius 2 is 1.79 bits per heavy atom. The van der Waals surface area contributed by atoms with Crippen molar-refractivity contribution in [3.05, 3.63) is 75.8 Å². The molecular weight excluding hydrogens is 308 g/mol. The van der Waals surface area contributed by atoms with Crippen LogP contribution in [-0.2, 0) is 0 Å². The highest BCUT2D eigenvalue weighted by atomic mass is 16.4. The van der Waals surface area contributed by atoms with E-state index in [1.807, 2.05) is 6.92 Å². The molecule has 24 heavy (non-hydrogen) atoms. The maximum atomic E-state index is 12.6. The van der Waals surface area contributed by atoms with E-state index in [0.29, 0.717) is 16.6 Å². The average molecular weight is 320 g/mol. The number of carbonyl (C=O) groups excluding carboxylic acids is 1. The van der Waals surface area contributed by atoms with Crippen LogP contribution in [0.1, 0.15) is 21.7 Å². The molecule has 2 heterocycles. The summed E-state index contributed by atoms with van der Waals surface area (Å²) in [6, 6.07) is 13.0. The zero-order chi connectivity index (χ0) is 16.8. The van der Waals surface area contributed by atoms with Crippen molar-refractivity contribution in [2.75, 3.05) is 0 Å². The average Bonchev–Trinajstić information content (AvgIpc) is 3.03. The van der Waals surface area contributed by atoms with Crippen LogP contribution >= 0.6 is 0 Å². The van der Waals surface area contributed by atoms with Crippen molar-refractivity contribution in [2.45, 2.75) is 6.92 Å². The van der Waals surface area contributed by atoms with Crippen LogP contribution in [-0.4, -0.2) is 10.9 Å². The lowest BCUT2D eigenvalue weighted by atomic mass is 10.0. The molecule has 0 amide bonds. The Kier molecular flexibility index (Phi) is 3.03. The fourth-order valence-corrected chi connectivity index (χ4v) is 2.72. The summed E-state index contributed by atoms with van der Waals surface area (Å²) in [6.07, 6.45) is 0. The van der Waals surface area contributed by atoms with Gasteiger partial charge in [-0.2, -0.15) is 0 Å². The van der Waals surface area contributed by atoms with Gasteiger partial charge in [-0.1, -0.05) is 23.8 Å². The molecule has 5 nitrogen and oxygen atoms in total. The second kappa shape index (κ2) is 5.09. The van der Waals surface area contributed by atoms with Crippen molar-refractivity contribution in [1.82, 2.24) is 0 Å². The molecule has 118 valence electrons. The summed E-state index contributed by atoms with van der Waals surface area (Å²) < 4.78 is 10.9. The minimum atomic E-state index is -0.569. The van der Waals surface area contributed by atoms with Crippen LogP contribution < -0.4 is 5.63 Å². The fourth-order valence-electron chi connectivity index (χ4n) is 2.72. The van der Waals surface area contributed by atoms with E-state index in [-0.39, 0.29) is 22.5 Å². The number of ketones is 1. The predicted molar refractivity (Wildman–Crippen MR) is 88.5 cm³/mol. The van der Waals surface area contributed by atoms with Crippen molar-refractivity contribution in [1.29, 1.82) is 0 Å². The second-order valence-corrected chi connectivity index (χ2v) is 5.59. The quantitative estimate of drug-likeness (QED) is 0.449. The number of para-hydroxylation sites is 1. The molecule has 0 aliphatic rings. The molecule has 0 unspecified atom stereocenters. The third-order valence-corrected chi connectivity index (χ3v) is 3.91. The van der Waals surface area contributed by atoms with Gasteiger partial charge >= 0.3 is 5.63 Å². The topological polar surface area (TPSA) is 80.6 Å². The maximum Gasteiger partial charge on any atom is 0.347 e. The molecule has 0 atom stereocenters. The van der Waals surface area contributed by atoms with Crippen molar-refractivity contribution in [3.63, 3.8) is 0 Å². The first kappa shape index (κ1) is 14.3. The predicted octanol–water partition coefficient (Wildman–Crippen LogP) is 3.78. The molecule has 0 radical (unpaired) electrons. The molecule has 0 bridgehead atoms. The Morgan fingerprint density at radius 3 is 2.62 bits per heavy atom. The van der Waals surface area contributed by atoms with E-state index >= 15 is 0 Å². The van der Waals surface area contributed by atoms with Crippen molar-refractivity contribution < 1.29 is 18.7 Å². The van der Waals surface area contributed by atoms with Gasteiger partial charge < -0.3 is 13.9 Å². The van der Waals surface area contributed by atoms with E-state index in [0.717, 1.165) is 5.56 Å². The lowest BCUT2D eigenvalue weighted by Crippen LogP contribution is -2.01.